The predicted molar refractivity (Wildman–Crippen MR) is 106 cm³/mol. The van der Waals surface area contributed by atoms with Crippen LogP contribution in [-0.2, 0) is 16.6 Å². The molecular weight excluding hydrogens is 432 g/mol. The Kier molecular flexibility index (Phi) is 5.64. The van der Waals surface area contributed by atoms with Gasteiger partial charge in [-0.3, -0.25) is 0 Å². The van der Waals surface area contributed by atoms with Gasteiger partial charge in [0.25, 0.3) is 0 Å². The van der Waals surface area contributed by atoms with Crippen molar-refractivity contribution in [1.82, 2.24) is 19.5 Å². The highest BCUT2D eigenvalue weighted by Crippen LogP contribution is 2.27. The molecule has 1 aromatic carbocycles. The maximum Gasteiger partial charge on any atom is 0.240 e. The number of sulfonamides is 1. The molecule has 0 aliphatic carbocycles. The Hall–Kier alpha value is -2.23. The quantitative estimate of drug-likeness (QED) is 0.623. The fourth-order valence-corrected chi connectivity index (χ4v) is 4.32. The third kappa shape index (κ3) is 4.37. The Morgan fingerprint density at radius 3 is 2.52 bits per heavy atom. The second kappa shape index (κ2) is 7.79. The summed E-state index contributed by atoms with van der Waals surface area (Å²) in [6, 6.07) is 10.2. The van der Waals surface area contributed by atoms with Crippen molar-refractivity contribution >= 4 is 26.0 Å². The van der Waals surface area contributed by atoms with Crippen LogP contribution < -0.4 is 9.46 Å². The molecule has 0 spiro atoms. The third-order valence-electron chi connectivity index (χ3n) is 3.94. The number of nitrogens with one attached hydrogen (secondary N) is 1. The number of hydrogen-bond acceptors (Lipinski definition) is 5. The molecule has 0 aliphatic rings. The lowest BCUT2D eigenvalue weighted by Crippen LogP contribution is -2.23. The van der Waals surface area contributed by atoms with Gasteiger partial charge >= 0.3 is 0 Å². The number of aryl methyl sites for hydroxylation is 2. The first-order valence-corrected chi connectivity index (χ1v) is 10.4. The van der Waals surface area contributed by atoms with Crippen LogP contribution in [0.3, 0.4) is 0 Å². The zero-order valence-electron chi connectivity index (χ0n) is 15.1. The summed E-state index contributed by atoms with van der Waals surface area (Å²) in [5.41, 5.74) is 2.65. The standard InChI is InChI=1S/C18H19BrN4O3S/c1-12-8-13(2)23(22-12)18-7-4-14(10-20-18)11-21-27(24,25)15-5-6-17(26-3)16(19)9-15/h4-10,21H,11H2,1-3H3. The number of hydrogen-bond donors (Lipinski definition) is 1. The molecule has 0 aliphatic heterocycles. The average molecular weight is 451 g/mol. The summed E-state index contributed by atoms with van der Waals surface area (Å²) in [5.74, 6) is 1.25. The van der Waals surface area contributed by atoms with E-state index >= 15 is 0 Å². The summed E-state index contributed by atoms with van der Waals surface area (Å²) in [6.07, 6.45) is 1.64. The minimum Gasteiger partial charge on any atom is -0.496 e. The van der Waals surface area contributed by atoms with E-state index in [0.29, 0.717) is 16.0 Å². The topological polar surface area (TPSA) is 86.1 Å². The highest BCUT2D eigenvalue weighted by Gasteiger charge is 2.16. The van der Waals surface area contributed by atoms with Crippen LogP contribution in [0.5, 0.6) is 5.75 Å². The van der Waals surface area contributed by atoms with Gasteiger partial charge in [0.05, 0.1) is 22.2 Å². The number of methoxy groups -OCH3 is 1. The molecule has 0 unspecified atom stereocenters. The Morgan fingerprint density at radius 1 is 1.19 bits per heavy atom. The van der Waals surface area contributed by atoms with Crippen LogP contribution in [0.2, 0.25) is 0 Å². The molecule has 142 valence electrons. The van der Waals surface area contributed by atoms with Crippen LogP contribution in [0.15, 0.2) is 52.0 Å². The van der Waals surface area contributed by atoms with Gasteiger partial charge in [0.2, 0.25) is 10.0 Å². The number of pyridine rings is 1. The maximum absolute atomic E-state index is 12.5. The molecule has 0 fully saturated rings. The van der Waals surface area contributed by atoms with E-state index in [4.69, 9.17) is 4.74 Å². The van der Waals surface area contributed by atoms with E-state index in [2.05, 4.69) is 30.7 Å². The maximum atomic E-state index is 12.5. The van der Waals surface area contributed by atoms with Crippen LogP contribution in [0.1, 0.15) is 17.0 Å². The molecule has 2 aromatic heterocycles. The summed E-state index contributed by atoms with van der Waals surface area (Å²) in [4.78, 5) is 4.53. The number of halogens is 1. The molecule has 0 atom stereocenters. The normalized spacial score (nSPS) is 11.6. The van der Waals surface area contributed by atoms with Gasteiger partial charge in [-0.05, 0) is 65.7 Å². The summed E-state index contributed by atoms with van der Waals surface area (Å²) in [6.45, 7) is 4.01. The molecule has 0 amide bonds. The van der Waals surface area contributed by atoms with Gasteiger partial charge < -0.3 is 4.74 Å². The Balaban J connectivity index is 1.72. The molecule has 0 saturated heterocycles. The Morgan fingerprint density at radius 2 is 1.96 bits per heavy atom. The van der Waals surface area contributed by atoms with Gasteiger partial charge in [0.15, 0.2) is 5.82 Å². The predicted octanol–water partition coefficient (Wildman–Crippen LogP) is 3.13. The fourth-order valence-electron chi connectivity index (χ4n) is 2.58. The van der Waals surface area contributed by atoms with Gasteiger partial charge in [-0.1, -0.05) is 6.07 Å². The van der Waals surface area contributed by atoms with Crippen LogP contribution >= 0.6 is 15.9 Å². The van der Waals surface area contributed by atoms with Gasteiger partial charge in [-0.25, -0.2) is 22.8 Å². The van der Waals surface area contributed by atoms with Crippen molar-refractivity contribution in [2.45, 2.75) is 25.3 Å². The van der Waals surface area contributed by atoms with Gasteiger partial charge in [0, 0.05) is 18.4 Å². The number of rotatable bonds is 6. The summed E-state index contributed by atoms with van der Waals surface area (Å²) in [7, 11) is -2.13. The first kappa shape index (κ1) is 19.5. The third-order valence-corrected chi connectivity index (χ3v) is 5.95. The largest absolute Gasteiger partial charge is 0.496 e. The second-order valence-corrected chi connectivity index (χ2v) is 8.61. The number of aromatic nitrogens is 3. The van der Waals surface area contributed by atoms with Gasteiger partial charge in [-0.2, -0.15) is 5.10 Å². The molecule has 0 radical (unpaired) electrons. The van der Waals surface area contributed by atoms with Gasteiger partial charge in [0.1, 0.15) is 5.75 Å². The van der Waals surface area contributed by atoms with Crippen LogP contribution in [-0.4, -0.2) is 30.3 Å². The monoisotopic (exact) mass is 450 g/mol. The smallest absolute Gasteiger partial charge is 0.240 e. The molecule has 0 saturated carbocycles. The lowest BCUT2D eigenvalue weighted by atomic mass is 10.3. The van der Waals surface area contributed by atoms with Crippen molar-refractivity contribution in [2.24, 2.45) is 0 Å². The van der Waals surface area contributed by atoms with Crippen molar-refractivity contribution < 1.29 is 13.2 Å². The highest BCUT2D eigenvalue weighted by atomic mass is 79.9. The van der Waals surface area contributed by atoms with Crippen LogP contribution in [0, 0.1) is 13.8 Å². The van der Waals surface area contributed by atoms with Crippen molar-refractivity contribution in [3.05, 3.63) is 64.0 Å². The lowest BCUT2D eigenvalue weighted by Gasteiger charge is -2.09. The summed E-state index contributed by atoms with van der Waals surface area (Å²) >= 11 is 3.30. The number of benzene rings is 1. The highest BCUT2D eigenvalue weighted by molar-refractivity contribution is 9.10. The zero-order valence-corrected chi connectivity index (χ0v) is 17.5. The van der Waals surface area contributed by atoms with E-state index in [-0.39, 0.29) is 11.4 Å². The van der Waals surface area contributed by atoms with E-state index in [1.54, 1.807) is 16.9 Å². The first-order valence-electron chi connectivity index (χ1n) is 8.12. The van der Waals surface area contributed by atoms with Crippen LogP contribution in [0.25, 0.3) is 5.82 Å². The molecule has 0 bridgehead atoms. The number of ether oxygens (including phenoxy) is 1. The summed E-state index contributed by atoms with van der Waals surface area (Å²) < 4.78 is 35.0. The lowest BCUT2D eigenvalue weighted by molar-refractivity contribution is 0.411. The molecular formula is C18H19BrN4O3S. The van der Waals surface area contributed by atoms with E-state index < -0.39 is 10.0 Å². The molecule has 3 aromatic rings. The molecule has 3 rings (SSSR count). The molecule has 1 N–H and O–H groups in total. The van der Waals surface area contributed by atoms with Crippen molar-refractivity contribution in [2.75, 3.05) is 7.11 Å². The Labute approximate surface area is 166 Å². The second-order valence-electron chi connectivity index (χ2n) is 5.98. The van der Waals surface area contributed by atoms with E-state index in [1.165, 1.54) is 19.2 Å². The molecule has 9 heteroatoms. The van der Waals surface area contributed by atoms with E-state index in [1.807, 2.05) is 32.0 Å². The number of nitrogens with zero attached hydrogens (tertiary/aromatic N) is 3. The van der Waals surface area contributed by atoms with Gasteiger partial charge in [-0.15, -0.1) is 0 Å². The Bertz CT molecular complexity index is 1060. The zero-order chi connectivity index (χ0) is 19.6. The SMILES string of the molecule is COc1ccc(S(=O)(=O)NCc2ccc(-n3nc(C)cc3C)nc2)cc1Br. The first-order chi connectivity index (χ1) is 12.8. The van der Waals surface area contributed by atoms with E-state index in [9.17, 15) is 8.42 Å². The average Bonchev–Trinajstić information content (AvgIpc) is 2.98. The molecule has 2 heterocycles. The molecule has 27 heavy (non-hydrogen) atoms. The minimum atomic E-state index is -3.65. The minimum absolute atomic E-state index is 0.135. The van der Waals surface area contributed by atoms with Crippen molar-refractivity contribution in [1.29, 1.82) is 0 Å². The van der Waals surface area contributed by atoms with Crippen molar-refractivity contribution in [3.63, 3.8) is 0 Å². The van der Waals surface area contributed by atoms with Crippen LogP contribution in [0.4, 0.5) is 0 Å². The summed E-state index contributed by atoms with van der Waals surface area (Å²) in [5, 5.41) is 4.39. The molecule has 7 nitrogen and oxygen atoms in total. The van der Waals surface area contributed by atoms with Crippen molar-refractivity contribution in [3.8, 4) is 11.6 Å². The fraction of sp³-hybridized carbons (Fsp3) is 0.222. The van der Waals surface area contributed by atoms with E-state index in [0.717, 1.165) is 17.0 Å².